The van der Waals surface area contributed by atoms with E-state index in [1.807, 2.05) is 6.07 Å². The Balaban J connectivity index is 1.31. The van der Waals surface area contributed by atoms with Gasteiger partial charge in [-0.05, 0) is 25.0 Å². The number of ether oxygens (including phenoxy) is 1. The lowest BCUT2D eigenvalue weighted by Gasteiger charge is -2.43. The molecular formula is C23H23ClN10O. The lowest BCUT2D eigenvalue weighted by atomic mass is 10.1. The fraction of sp³-hybridized carbons (Fsp3) is 0.435. The molecule has 2 aromatic heterocycles. The minimum atomic E-state index is 0.274. The smallest absolute Gasteiger partial charge is 0.232 e. The standard InChI is InChI=1S/C23H23ClN10O/c24-20-18(7-14(9-25)8-19(20)33-5-3-32(4-6-33)17-12-35-13-17)29-22-30-21-15(10-26)11-27-34(21)23(31-22)28-16-1-2-16/h7-8,11,16-17H,1-6,12-13H2,(H2,28,29,30,31). The number of aromatic nitrogens is 4. The summed E-state index contributed by atoms with van der Waals surface area (Å²) < 4.78 is 6.87. The Morgan fingerprint density at radius 3 is 2.51 bits per heavy atom. The van der Waals surface area contributed by atoms with Crippen molar-refractivity contribution >= 4 is 40.5 Å². The van der Waals surface area contributed by atoms with Crippen molar-refractivity contribution in [1.29, 1.82) is 10.5 Å². The molecule has 0 bridgehead atoms. The number of fused-ring (bicyclic) bond motifs is 1. The predicted molar refractivity (Wildman–Crippen MR) is 130 cm³/mol. The van der Waals surface area contributed by atoms with Crippen LogP contribution in [-0.2, 0) is 4.74 Å². The molecule has 11 nitrogen and oxygen atoms in total. The van der Waals surface area contributed by atoms with E-state index in [-0.39, 0.29) is 5.95 Å². The third-order valence-corrected chi connectivity index (χ3v) is 7.02. The zero-order chi connectivity index (χ0) is 23.9. The van der Waals surface area contributed by atoms with Crippen LogP contribution >= 0.6 is 11.6 Å². The van der Waals surface area contributed by atoms with Gasteiger partial charge in [-0.15, -0.1) is 0 Å². The molecule has 12 heteroatoms. The summed E-state index contributed by atoms with van der Waals surface area (Å²) in [7, 11) is 0. The van der Waals surface area contributed by atoms with Crippen molar-refractivity contribution in [2.75, 3.05) is 54.9 Å². The summed E-state index contributed by atoms with van der Waals surface area (Å²) in [6, 6.07) is 8.70. The summed E-state index contributed by atoms with van der Waals surface area (Å²) >= 11 is 6.86. The molecule has 2 aliphatic heterocycles. The van der Waals surface area contributed by atoms with Crippen molar-refractivity contribution in [1.82, 2.24) is 24.5 Å². The Bertz CT molecular complexity index is 1360. The first-order valence-corrected chi connectivity index (χ1v) is 12.0. The van der Waals surface area contributed by atoms with Gasteiger partial charge in [0, 0.05) is 32.2 Å². The van der Waals surface area contributed by atoms with E-state index < -0.39 is 0 Å². The summed E-state index contributed by atoms with van der Waals surface area (Å²) in [6.07, 6.45) is 3.59. The minimum absolute atomic E-state index is 0.274. The fourth-order valence-corrected chi connectivity index (χ4v) is 4.67. The van der Waals surface area contributed by atoms with E-state index in [2.05, 4.69) is 47.6 Å². The summed E-state index contributed by atoms with van der Waals surface area (Å²) in [6.45, 7) is 5.04. The first kappa shape index (κ1) is 21.9. The number of anilines is 4. The van der Waals surface area contributed by atoms with Crippen molar-refractivity contribution in [3.63, 3.8) is 0 Å². The molecule has 0 atom stereocenters. The molecule has 1 aliphatic carbocycles. The lowest BCUT2D eigenvalue weighted by molar-refractivity contribution is -0.0660. The highest BCUT2D eigenvalue weighted by Gasteiger charge is 2.30. The Morgan fingerprint density at radius 2 is 1.86 bits per heavy atom. The molecule has 3 aromatic rings. The lowest BCUT2D eigenvalue weighted by Crippen LogP contribution is -2.56. The third kappa shape index (κ3) is 4.19. The highest BCUT2D eigenvalue weighted by Crippen LogP contribution is 2.37. The normalized spacial score (nSPS) is 18.7. The monoisotopic (exact) mass is 490 g/mol. The molecule has 0 radical (unpaired) electrons. The van der Waals surface area contributed by atoms with Gasteiger partial charge in [-0.3, -0.25) is 4.90 Å². The topological polar surface area (TPSA) is 130 Å². The van der Waals surface area contributed by atoms with Crippen LogP contribution in [0, 0.1) is 22.7 Å². The van der Waals surface area contributed by atoms with Crippen LogP contribution in [0.2, 0.25) is 5.02 Å². The molecular weight excluding hydrogens is 468 g/mol. The molecule has 0 unspecified atom stereocenters. The summed E-state index contributed by atoms with van der Waals surface area (Å²) in [5, 5.41) is 30.4. The van der Waals surface area contributed by atoms with E-state index in [1.165, 1.54) is 10.7 Å². The molecule has 178 valence electrons. The second-order valence-electron chi connectivity index (χ2n) is 9.00. The van der Waals surface area contributed by atoms with Gasteiger partial charge in [-0.1, -0.05) is 11.6 Å². The molecule has 35 heavy (non-hydrogen) atoms. The third-order valence-electron chi connectivity index (χ3n) is 6.62. The minimum Gasteiger partial charge on any atom is -0.378 e. The van der Waals surface area contributed by atoms with Gasteiger partial charge in [0.25, 0.3) is 0 Å². The number of halogens is 1. The van der Waals surface area contributed by atoms with Crippen LogP contribution in [0.1, 0.15) is 24.0 Å². The second kappa shape index (κ2) is 8.86. The van der Waals surface area contributed by atoms with Crippen LogP contribution in [0.15, 0.2) is 18.3 Å². The maximum absolute atomic E-state index is 9.68. The molecule has 6 rings (SSSR count). The number of nitrogens with one attached hydrogen (secondary N) is 2. The largest absolute Gasteiger partial charge is 0.378 e. The van der Waals surface area contributed by atoms with Gasteiger partial charge >= 0.3 is 0 Å². The highest BCUT2D eigenvalue weighted by molar-refractivity contribution is 6.36. The van der Waals surface area contributed by atoms with E-state index in [0.717, 1.165) is 57.9 Å². The molecule has 1 saturated carbocycles. The molecule has 0 spiro atoms. The maximum Gasteiger partial charge on any atom is 0.232 e. The van der Waals surface area contributed by atoms with Crippen molar-refractivity contribution in [2.45, 2.75) is 24.9 Å². The quantitative estimate of drug-likeness (QED) is 0.530. The number of rotatable bonds is 6. The Labute approximate surface area is 206 Å². The molecule has 2 saturated heterocycles. The van der Waals surface area contributed by atoms with Crippen LogP contribution in [0.25, 0.3) is 5.65 Å². The van der Waals surface area contributed by atoms with E-state index in [1.54, 1.807) is 6.07 Å². The van der Waals surface area contributed by atoms with Crippen molar-refractivity contribution in [3.05, 3.63) is 34.5 Å². The van der Waals surface area contributed by atoms with Crippen molar-refractivity contribution in [3.8, 4) is 12.1 Å². The van der Waals surface area contributed by atoms with E-state index in [4.69, 9.17) is 16.3 Å². The number of piperazine rings is 1. The summed E-state index contributed by atoms with van der Waals surface area (Å²) in [5.74, 6) is 0.778. The number of nitrogens with zero attached hydrogens (tertiary/aromatic N) is 8. The van der Waals surface area contributed by atoms with E-state index >= 15 is 0 Å². The zero-order valence-electron chi connectivity index (χ0n) is 18.9. The van der Waals surface area contributed by atoms with Crippen LogP contribution in [0.3, 0.4) is 0 Å². The molecule has 3 aliphatic rings. The zero-order valence-corrected chi connectivity index (χ0v) is 19.7. The summed E-state index contributed by atoms with van der Waals surface area (Å²) in [4.78, 5) is 13.8. The van der Waals surface area contributed by atoms with E-state index in [0.29, 0.717) is 45.5 Å². The van der Waals surface area contributed by atoms with Gasteiger partial charge < -0.3 is 20.3 Å². The van der Waals surface area contributed by atoms with Crippen LogP contribution in [0.4, 0.5) is 23.3 Å². The SMILES string of the molecule is N#Cc1cc(Nc2nc(NC3CC3)n3ncc(C#N)c3n2)c(Cl)c(N2CCN(C3COC3)CC2)c1. The van der Waals surface area contributed by atoms with Gasteiger partial charge in [0.05, 0.1) is 53.5 Å². The second-order valence-corrected chi connectivity index (χ2v) is 9.38. The average molecular weight is 491 g/mol. The molecule has 3 fully saturated rings. The highest BCUT2D eigenvalue weighted by atomic mass is 35.5. The number of hydrogen-bond acceptors (Lipinski definition) is 10. The first-order chi connectivity index (χ1) is 17.1. The van der Waals surface area contributed by atoms with Crippen molar-refractivity contribution in [2.24, 2.45) is 0 Å². The molecule has 1 aromatic carbocycles. The Hall–Kier alpha value is -3.64. The van der Waals surface area contributed by atoms with Crippen LogP contribution in [-0.4, -0.2) is 76.0 Å². The Morgan fingerprint density at radius 1 is 1.06 bits per heavy atom. The van der Waals surface area contributed by atoms with Gasteiger partial charge in [0.2, 0.25) is 11.9 Å². The Kier molecular flexibility index (Phi) is 5.53. The summed E-state index contributed by atoms with van der Waals surface area (Å²) in [5.41, 5.74) is 2.58. The molecule has 2 N–H and O–H groups in total. The van der Waals surface area contributed by atoms with Crippen LogP contribution < -0.4 is 15.5 Å². The number of benzene rings is 1. The maximum atomic E-state index is 9.68. The van der Waals surface area contributed by atoms with Gasteiger partial charge in [-0.25, -0.2) is 0 Å². The molecule has 0 amide bonds. The predicted octanol–water partition coefficient (Wildman–Crippen LogP) is 2.36. The average Bonchev–Trinajstić information content (AvgIpc) is 3.56. The van der Waals surface area contributed by atoms with Gasteiger partial charge in [0.1, 0.15) is 11.6 Å². The van der Waals surface area contributed by atoms with Crippen molar-refractivity contribution < 1.29 is 4.74 Å². The van der Waals surface area contributed by atoms with Crippen LogP contribution in [0.5, 0.6) is 0 Å². The number of hydrogen-bond donors (Lipinski definition) is 2. The fourth-order valence-electron chi connectivity index (χ4n) is 4.39. The van der Waals surface area contributed by atoms with Gasteiger partial charge in [-0.2, -0.15) is 30.1 Å². The van der Waals surface area contributed by atoms with E-state index in [9.17, 15) is 10.5 Å². The first-order valence-electron chi connectivity index (χ1n) is 11.6. The molecule has 4 heterocycles. The number of nitriles is 2. The van der Waals surface area contributed by atoms with Gasteiger partial charge in [0.15, 0.2) is 5.65 Å².